The standard InChI is InChI=1S/C21H30N2.C17H25N/c1-7-15-12-22(5)19-11-16-14(3)23(6)18-10-8-9-17(20(16)18)21(19,4)13(15)2;1-4-13-8-15-9-16-12(2)6-5-7-14(16)10-17(15)18(3)11-13/h8-10,13,15,19H,7,11-12H2,1-6H3;5-7,13,15,17H,4,8-11H2,1-3H3. The lowest BCUT2D eigenvalue weighted by atomic mass is 9.56. The number of hydrogen-bond donors (Lipinski definition) is 0. The third-order valence-corrected chi connectivity index (χ3v) is 12.8. The molecule has 2 aliphatic heterocycles. The van der Waals surface area contributed by atoms with Gasteiger partial charge in [0, 0.05) is 54.2 Å². The quantitative estimate of drug-likeness (QED) is 0.322. The molecule has 1 aromatic heterocycles. The number of fused-ring (bicyclic) bond motifs is 4. The Morgan fingerprint density at radius 2 is 1.61 bits per heavy atom. The van der Waals surface area contributed by atoms with E-state index in [2.05, 4.69) is 113 Å². The summed E-state index contributed by atoms with van der Waals surface area (Å²) in [6.07, 6.45) is 7.86. The molecule has 3 heterocycles. The molecule has 0 bridgehead atoms. The van der Waals surface area contributed by atoms with Crippen molar-refractivity contribution in [1.82, 2.24) is 14.4 Å². The molecule has 0 spiro atoms. The van der Waals surface area contributed by atoms with Crippen LogP contribution in [-0.2, 0) is 31.7 Å². The normalized spacial score (nSPS) is 33.0. The van der Waals surface area contributed by atoms with E-state index >= 15 is 0 Å². The first-order valence-electron chi connectivity index (χ1n) is 16.6. The Bertz CT molecular complexity index is 1420. The van der Waals surface area contributed by atoms with Crippen LogP contribution in [0.2, 0.25) is 0 Å². The van der Waals surface area contributed by atoms with Crippen molar-refractivity contribution in [2.75, 3.05) is 27.2 Å². The number of aromatic nitrogens is 1. The largest absolute Gasteiger partial charge is 0.348 e. The molecule has 3 aromatic rings. The van der Waals surface area contributed by atoms with E-state index in [1.54, 1.807) is 27.6 Å². The van der Waals surface area contributed by atoms with E-state index in [1.165, 1.54) is 68.4 Å². The predicted molar refractivity (Wildman–Crippen MR) is 175 cm³/mol. The Hall–Kier alpha value is -2.10. The fourth-order valence-corrected chi connectivity index (χ4v) is 9.91. The predicted octanol–water partition coefficient (Wildman–Crippen LogP) is 7.72. The van der Waals surface area contributed by atoms with Gasteiger partial charge in [-0.2, -0.15) is 0 Å². The number of benzene rings is 2. The monoisotopic (exact) mass is 553 g/mol. The molecule has 222 valence electrons. The van der Waals surface area contributed by atoms with Crippen molar-refractivity contribution in [1.29, 1.82) is 0 Å². The highest BCUT2D eigenvalue weighted by Gasteiger charge is 2.52. The molecule has 4 aliphatic rings. The van der Waals surface area contributed by atoms with Gasteiger partial charge < -0.3 is 14.4 Å². The van der Waals surface area contributed by atoms with Crippen molar-refractivity contribution in [3.05, 3.63) is 69.9 Å². The zero-order valence-corrected chi connectivity index (χ0v) is 27.4. The summed E-state index contributed by atoms with van der Waals surface area (Å²) in [5.41, 5.74) is 11.1. The maximum Gasteiger partial charge on any atom is 0.0485 e. The first-order valence-corrected chi connectivity index (χ1v) is 16.6. The lowest BCUT2D eigenvalue weighted by Gasteiger charge is -2.56. The van der Waals surface area contributed by atoms with E-state index in [0.717, 1.165) is 29.7 Å². The van der Waals surface area contributed by atoms with E-state index in [9.17, 15) is 0 Å². The Morgan fingerprint density at radius 3 is 2.34 bits per heavy atom. The van der Waals surface area contributed by atoms with Crippen molar-refractivity contribution in [3.63, 3.8) is 0 Å². The topological polar surface area (TPSA) is 11.4 Å². The van der Waals surface area contributed by atoms with Crippen molar-refractivity contribution in [3.8, 4) is 0 Å². The van der Waals surface area contributed by atoms with Gasteiger partial charge >= 0.3 is 0 Å². The van der Waals surface area contributed by atoms with Crippen LogP contribution in [0.15, 0.2) is 36.4 Å². The minimum atomic E-state index is 0.258. The minimum Gasteiger partial charge on any atom is -0.348 e. The smallest absolute Gasteiger partial charge is 0.0485 e. The molecule has 0 amide bonds. The van der Waals surface area contributed by atoms with Crippen LogP contribution >= 0.6 is 0 Å². The first-order chi connectivity index (χ1) is 19.6. The summed E-state index contributed by atoms with van der Waals surface area (Å²) < 4.78 is 2.40. The number of likely N-dealkylation sites (N-methyl/N-ethyl adjacent to an activating group) is 2. The highest BCUT2D eigenvalue weighted by atomic mass is 15.2. The zero-order chi connectivity index (χ0) is 29.2. The van der Waals surface area contributed by atoms with Gasteiger partial charge in [-0.05, 0) is 111 Å². The molecule has 2 aromatic carbocycles. The van der Waals surface area contributed by atoms with Gasteiger partial charge in [0.15, 0.2) is 0 Å². The molecule has 7 rings (SSSR count). The van der Waals surface area contributed by atoms with E-state index in [-0.39, 0.29) is 5.41 Å². The maximum absolute atomic E-state index is 2.66. The molecule has 7 unspecified atom stereocenters. The molecule has 0 radical (unpaired) electrons. The van der Waals surface area contributed by atoms with Gasteiger partial charge in [-0.1, -0.05) is 70.9 Å². The van der Waals surface area contributed by atoms with Gasteiger partial charge in [0.1, 0.15) is 0 Å². The molecular weight excluding hydrogens is 498 g/mol. The Morgan fingerprint density at radius 1 is 0.854 bits per heavy atom. The Kier molecular flexibility index (Phi) is 7.69. The van der Waals surface area contributed by atoms with Crippen LogP contribution in [0.4, 0.5) is 0 Å². The number of likely N-dealkylation sites (tertiary alicyclic amines) is 2. The molecule has 7 atom stereocenters. The van der Waals surface area contributed by atoms with E-state index in [1.807, 2.05) is 0 Å². The average Bonchev–Trinajstić information content (AvgIpc) is 3.21. The number of nitrogens with zero attached hydrogens (tertiary/aromatic N) is 3. The molecule has 41 heavy (non-hydrogen) atoms. The third-order valence-electron chi connectivity index (χ3n) is 12.8. The molecule has 0 N–H and O–H groups in total. The molecule has 3 nitrogen and oxygen atoms in total. The fourth-order valence-electron chi connectivity index (χ4n) is 9.91. The first kappa shape index (κ1) is 29.0. The van der Waals surface area contributed by atoms with E-state index in [0.29, 0.717) is 6.04 Å². The Labute approximate surface area is 250 Å². The minimum absolute atomic E-state index is 0.258. The summed E-state index contributed by atoms with van der Waals surface area (Å²) in [6, 6.07) is 15.3. The van der Waals surface area contributed by atoms with Crippen LogP contribution in [0.3, 0.4) is 0 Å². The van der Waals surface area contributed by atoms with Crippen molar-refractivity contribution < 1.29 is 0 Å². The highest BCUT2D eigenvalue weighted by molar-refractivity contribution is 5.91. The highest BCUT2D eigenvalue weighted by Crippen LogP contribution is 2.53. The maximum atomic E-state index is 2.66. The molecule has 2 saturated heterocycles. The van der Waals surface area contributed by atoms with Crippen LogP contribution in [0.5, 0.6) is 0 Å². The van der Waals surface area contributed by atoms with Crippen LogP contribution in [0.25, 0.3) is 10.9 Å². The second-order valence-corrected chi connectivity index (χ2v) is 14.6. The lowest BCUT2D eigenvalue weighted by Crippen LogP contribution is -2.61. The zero-order valence-electron chi connectivity index (χ0n) is 27.4. The van der Waals surface area contributed by atoms with Crippen LogP contribution in [0, 0.1) is 37.5 Å². The van der Waals surface area contributed by atoms with Gasteiger partial charge in [-0.25, -0.2) is 0 Å². The molecule has 2 fully saturated rings. The number of piperidine rings is 2. The van der Waals surface area contributed by atoms with Crippen molar-refractivity contribution in [2.45, 2.75) is 97.6 Å². The lowest BCUT2D eigenvalue weighted by molar-refractivity contribution is 0.00699. The molecule has 0 saturated carbocycles. The number of aryl methyl sites for hydroxylation is 2. The van der Waals surface area contributed by atoms with Gasteiger partial charge in [-0.15, -0.1) is 0 Å². The van der Waals surface area contributed by atoms with Crippen LogP contribution < -0.4 is 0 Å². The third kappa shape index (κ3) is 4.52. The van der Waals surface area contributed by atoms with Gasteiger partial charge in [0.05, 0.1) is 0 Å². The van der Waals surface area contributed by atoms with E-state index in [4.69, 9.17) is 0 Å². The molecule has 2 aliphatic carbocycles. The number of hydrogen-bond acceptors (Lipinski definition) is 2. The van der Waals surface area contributed by atoms with E-state index < -0.39 is 0 Å². The summed E-state index contributed by atoms with van der Waals surface area (Å²) >= 11 is 0. The van der Waals surface area contributed by atoms with Crippen LogP contribution in [-0.4, -0.2) is 53.6 Å². The summed E-state index contributed by atoms with van der Waals surface area (Å²) in [7, 11) is 6.91. The van der Waals surface area contributed by atoms with Gasteiger partial charge in [-0.3, -0.25) is 0 Å². The molecular formula is C38H55N3. The second kappa shape index (κ2) is 10.9. The second-order valence-electron chi connectivity index (χ2n) is 14.6. The average molecular weight is 554 g/mol. The SMILES string of the molecule is CCC1CC2Cc3c(C)cccc3CC2N(C)C1.CCC1CN(C)C2Cc3c(C)n(C)c4cccc(c34)C2(C)C1C. The van der Waals surface area contributed by atoms with Gasteiger partial charge in [0.25, 0.3) is 0 Å². The summed E-state index contributed by atoms with van der Waals surface area (Å²) in [5, 5.41) is 1.56. The van der Waals surface area contributed by atoms with Gasteiger partial charge in [0.2, 0.25) is 0 Å². The molecule has 3 heteroatoms. The fraction of sp³-hybridized carbons (Fsp3) is 0.632. The summed E-state index contributed by atoms with van der Waals surface area (Å²) in [4.78, 5) is 5.29. The summed E-state index contributed by atoms with van der Waals surface area (Å²) in [6.45, 7) is 16.9. The van der Waals surface area contributed by atoms with Crippen molar-refractivity contribution in [2.24, 2.45) is 30.7 Å². The van der Waals surface area contributed by atoms with Crippen LogP contribution in [0.1, 0.15) is 80.5 Å². The summed E-state index contributed by atoms with van der Waals surface area (Å²) in [5.74, 6) is 3.33. The van der Waals surface area contributed by atoms with Crippen molar-refractivity contribution >= 4 is 10.9 Å². The number of rotatable bonds is 2. The Balaban J connectivity index is 0.000000152.